The number of thiocarbonyl (C=S) groups is 1. The molecule has 22 heavy (non-hydrogen) atoms. The quantitative estimate of drug-likeness (QED) is 0.455. The lowest BCUT2D eigenvalue weighted by Gasteiger charge is -2.08. The Balaban J connectivity index is 2.41. The molecule has 0 saturated heterocycles. The summed E-state index contributed by atoms with van der Waals surface area (Å²) in [5.41, 5.74) is 10.3. The molecule has 0 heterocycles. The summed E-state index contributed by atoms with van der Waals surface area (Å²) >= 11 is 10.7. The van der Waals surface area contributed by atoms with E-state index in [0.717, 1.165) is 16.7 Å². The molecule has 0 aliphatic heterocycles. The first kappa shape index (κ1) is 15.9. The number of halogens is 1. The van der Waals surface area contributed by atoms with Crippen LogP contribution in [0.3, 0.4) is 0 Å². The van der Waals surface area contributed by atoms with Gasteiger partial charge in [-0.25, -0.2) is 4.79 Å². The average Bonchev–Trinajstić information content (AvgIpc) is 2.47. The van der Waals surface area contributed by atoms with E-state index >= 15 is 0 Å². The van der Waals surface area contributed by atoms with Crippen molar-refractivity contribution in [1.82, 2.24) is 5.43 Å². The maximum Gasteiger partial charge on any atom is 0.337 e. The van der Waals surface area contributed by atoms with Crippen LogP contribution >= 0.6 is 23.8 Å². The summed E-state index contributed by atoms with van der Waals surface area (Å²) < 4.78 is 0. The van der Waals surface area contributed by atoms with Crippen LogP contribution in [0, 0.1) is 0 Å². The van der Waals surface area contributed by atoms with Crippen LogP contribution in [0.5, 0.6) is 0 Å². The van der Waals surface area contributed by atoms with Crippen molar-refractivity contribution < 1.29 is 9.90 Å². The molecule has 0 aliphatic rings. The number of benzene rings is 2. The van der Waals surface area contributed by atoms with E-state index in [9.17, 15) is 4.79 Å². The van der Waals surface area contributed by atoms with Crippen molar-refractivity contribution in [1.29, 1.82) is 0 Å². The molecular formula is C15H12ClN3O2S. The van der Waals surface area contributed by atoms with Gasteiger partial charge in [-0.2, -0.15) is 5.10 Å². The van der Waals surface area contributed by atoms with Crippen LogP contribution in [0.25, 0.3) is 11.1 Å². The fourth-order valence-corrected chi connectivity index (χ4v) is 2.21. The van der Waals surface area contributed by atoms with Crippen molar-refractivity contribution in [2.24, 2.45) is 10.8 Å². The van der Waals surface area contributed by atoms with Crippen molar-refractivity contribution in [2.75, 3.05) is 0 Å². The first-order chi connectivity index (χ1) is 10.5. The van der Waals surface area contributed by atoms with Crippen molar-refractivity contribution in [3.63, 3.8) is 0 Å². The lowest BCUT2D eigenvalue weighted by Crippen LogP contribution is -2.24. The number of rotatable bonds is 4. The smallest absolute Gasteiger partial charge is 0.337 e. The lowest BCUT2D eigenvalue weighted by atomic mass is 9.99. The Kier molecular flexibility index (Phi) is 5.08. The minimum atomic E-state index is -1.06. The molecule has 0 atom stereocenters. The van der Waals surface area contributed by atoms with E-state index in [-0.39, 0.29) is 15.7 Å². The van der Waals surface area contributed by atoms with E-state index in [0.29, 0.717) is 0 Å². The summed E-state index contributed by atoms with van der Waals surface area (Å²) in [4.78, 5) is 11.0. The van der Waals surface area contributed by atoms with Crippen LogP contribution in [-0.4, -0.2) is 22.4 Å². The first-order valence-corrected chi connectivity index (χ1v) is 6.98. The van der Waals surface area contributed by atoms with E-state index in [1.807, 2.05) is 24.3 Å². The molecule has 0 aromatic heterocycles. The molecule has 4 N–H and O–H groups in total. The Morgan fingerprint density at radius 2 is 2.05 bits per heavy atom. The lowest BCUT2D eigenvalue weighted by molar-refractivity contribution is 0.0697. The van der Waals surface area contributed by atoms with Crippen molar-refractivity contribution >= 4 is 41.1 Å². The van der Waals surface area contributed by atoms with Crippen molar-refractivity contribution in [2.45, 2.75) is 0 Å². The molecule has 5 nitrogen and oxygen atoms in total. The average molecular weight is 334 g/mol. The van der Waals surface area contributed by atoms with Crippen molar-refractivity contribution in [3.05, 3.63) is 58.6 Å². The predicted molar refractivity (Wildman–Crippen MR) is 91.4 cm³/mol. The van der Waals surface area contributed by atoms with Gasteiger partial charge in [-0.15, -0.1) is 0 Å². The van der Waals surface area contributed by atoms with Crippen LogP contribution < -0.4 is 11.2 Å². The molecule has 0 fully saturated rings. The Labute approximate surface area is 137 Å². The highest BCUT2D eigenvalue weighted by atomic mass is 35.5. The molecule has 2 aromatic carbocycles. The second-order valence-electron chi connectivity index (χ2n) is 4.32. The number of carbonyl (C=O) groups is 1. The van der Waals surface area contributed by atoms with Crippen molar-refractivity contribution in [3.8, 4) is 11.1 Å². The van der Waals surface area contributed by atoms with E-state index in [1.54, 1.807) is 18.3 Å². The van der Waals surface area contributed by atoms with Gasteiger partial charge in [0.1, 0.15) is 0 Å². The Hall–Kier alpha value is -2.44. The number of hydrazone groups is 1. The Morgan fingerprint density at radius 3 is 2.68 bits per heavy atom. The van der Waals surface area contributed by atoms with Crippen LogP contribution in [0.2, 0.25) is 5.02 Å². The van der Waals surface area contributed by atoms with Gasteiger partial charge in [0, 0.05) is 5.56 Å². The van der Waals surface area contributed by atoms with E-state index < -0.39 is 5.97 Å². The number of aromatic carboxylic acids is 1. The summed E-state index contributed by atoms with van der Waals surface area (Å²) in [5.74, 6) is -1.06. The molecule has 0 amide bonds. The molecule has 0 radical (unpaired) electrons. The molecule has 0 bridgehead atoms. The predicted octanol–water partition coefficient (Wildman–Crippen LogP) is 2.87. The third kappa shape index (κ3) is 3.81. The SMILES string of the molecule is NC(=S)NN=Cc1ccccc1-c1ccc(C(=O)O)c(Cl)c1. The molecule has 2 aromatic rings. The molecule has 0 unspecified atom stereocenters. The number of hydrogen-bond acceptors (Lipinski definition) is 3. The minimum absolute atomic E-state index is 0.0618. The molecule has 7 heteroatoms. The monoisotopic (exact) mass is 333 g/mol. The molecule has 0 saturated carbocycles. The van der Waals surface area contributed by atoms with E-state index in [4.69, 9.17) is 22.4 Å². The van der Waals surface area contributed by atoms with Crippen LogP contribution in [0.1, 0.15) is 15.9 Å². The second-order valence-corrected chi connectivity index (χ2v) is 5.17. The van der Waals surface area contributed by atoms with Gasteiger partial charge in [0.2, 0.25) is 0 Å². The number of nitrogens with zero attached hydrogens (tertiary/aromatic N) is 1. The van der Waals surface area contributed by atoms with E-state index in [2.05, 4.69) is 22.7 Å². The van der Waals surface area contributed by atoms with E-state index in [1.165, 1.54) is 6.07 Å². The summed E-state index contributed by atoms with van der Waals surface area (Å²) in [6.45, 7) is 0. The largest absolute Gasteiger partial charge is 0.478 e. The maximum absolute atomic E-state index is 11.0. The molecule has 112 valence electrons. The number of carboxylic acids is 1. The zero-order valence-corrected chi connectivity index (χ0v) is 12.9. The molecule has 2 rings (SSSR count). The standard InChI is InChI=1S/C15H12ClN3O2S/c16-13-7-9(5-6-12(13)14(20)21)11-4-2-1-3-10(11)8-18-19-15(17)22/h1-8H,(H,20,21)(H3,17,19,22). The second kappa shape index (κ2) is 7.02. The summed E-state index contributed by atoms with van der Waals surface area (Å²) in [6, 6.07) is 12.3. The van der Waals surface area contributed by atoms with Gasteiger partial charge in [0.05, 0.1) is 16.8 Å². The molecule has 0 aliphatic carbocycles. The van der Waals surface area contributed by atoms with Gasteiger partial charge >= 0.3 is 5.97 Å². The van der Waals surface area contributed by atoms with Gasteiger partial charge < -0.3 is 10.8 Å². The highest BCUT2D eigenvalue weighted by molar-refractivity contribution is 7.80. The normalized spacial score (nSPS) is 10.6. The minimum Gasteiger partial charge on any atom is -0.478 e. The Bertz CT molecular complexity index is 762. The van der Waals surface area contributed by atoms with Gasteiger partial charge in [0.25, 0.3) is 0 Å². The zero-order valence-electron chi connectivity index (χ0n) is 11.3. The van der Waals surface area contributed by atoms with Crippen LogP contribution in [0.15, 0.2) is 47.6 Å². The fraction of sp³-hybridized carbons (Fsp3) is 0. The summed E-state index contributed by atoms with van der Waals surface area (Å²) in [5, 5.41) is 13.2. The van der Waals surface area contributed by atoms with Gasteiger partial charge in [-0.1, -0.05) is 41.9 Å². The highest BCUT2D eigenvalue weighted by Gasteiger charge is 2.11. The maximum atomic E-state index is 11.0. The molecular weight excluding hydrogens is 322 g/mol. The topological polar surface area (TPSA) is 87.7 Å². The number of nitrogens with one attached hydrogen (secondary N) is 1. The number of hydrogen-bond donors (Lipinski definition) is 3. The fourth-order valence-electron chi connectivity index (χ4n) is 1.89. The van der Waals surface area contributed by atoms with Gasteiger partial charge in [-0.05, 0) is 35.5 Å². The van der Waals surface area contributed by atoms with Gasteiger partial charge in [-0.3, -0.25) is 5.43 Å². The first-order valence-electron chi connectivity index (χ1n) is 6.20. The number of nitrogens with two attached hydrogens (primary N) is 1. The third-order valence-electron chi connectivity index (χ3n) is 2.85. The number of carboxylic acid groups (broad SMARTS) is 1. The van der Waals surface area contributed by atoms with Crippen LogP contribution in [-0.2, 0) is 0 Å². The third-order valence-corrected chi connectivity index (χ3v) is 3.25. The zero-order chi connectivity index (χ0) is 16.1. The highest BCUT2D eigenvalue weighted by Crippen LogP contribution is 2.27. The van der Waals surface area contributed by atoms with Gasteiger partial charge in [0.15, 0.2) is 5.11 Å². The molecule has 0 spiro atoms. The summed E-state index contributed by atoms with van der Waals surface area (Å²) in [6.07, 6.45) is 1.58. The Morgan fingerprint density at radius 1 is 1.32 bits per heavy atom. The summed E-state index contributed by atoms with van der Waals surface area (Å²) in [7, 11) is 0. The van der Waals surface area contributed by atoms with Crippen LogP contribution in [0.4, 0.5) is 0 Å².